The number of cyclic esters (lactones) is 1. The van der Waals surface area contributed by atoms with Crippen LogP contribution in [-0.2, 0) is 16.0 Å². The van der Waals surface area contributed by atoms with Crippen LogP contribution in [0.1, 0.15) is 17.4 Å². The molecule has 2 aromatic rings. The molecule has 2 atom stereocenters. The third kappa shape index (κ3) is 4.03. The van der Waals surface area contributed by atoms with Crippen molar-refractivity contribution in [3.63, 3.8) is 0 Å². The zero-order valence-corrected chi connectivity index (χ0v) is 13.3. The van der Waals surface area contributed by atoms with E-state index in [1.807, 2.05) is 54.6 Å². The first-order valence-electron chi connectivity index (χ1n) is 7.55. The smallest absolute Gasteiger partial charge is 0.325 e. The maximum absolute atomic E-state index is 12.0. The molecule has 0 aromatic heterocycles. The predicted molar refractivity (Wildman–Crippen MR) is 88.6 cm³/mol. The number of alkyl halides is 1. The van der Waals surface area contributed by atoms with Crippen LogP contribution in [0.25, 0.3) is 0 Å². The van der Waals surface area contributed by atoms with Crippen LogP contribution in [0.4, 0.5) is 0 Å². The summed E-state index contributed by atoms with van der Waals surface area (Å²) >= 11 is 5.59. The molecule has 2 aromatic carbocycles. The largest absolute Gasteiger partial charge is 0.492 e. The van der Waals surface area contributed by atoms with Crippen molar-refractivity contribution in [1.29, 1.82) is 0 Å². The molecule has 3 rings (SSSR count). The van der Waals surface area contributed by atoms with E-state index in [2.05, 4.69) is 5.32 Å². The number of esters is 1. The zero-order valence-electron chi connectivity index (χ0n) is 12.6. The predicted octanol–water partition coefficient (Wildman–Crippen LogP) is 3.06. The van der Waals surface area contributed by atoms with Crippen LogP contribution >= 0.6 is 11.6 Å². The summed E-state index contributed by atoms with van der Waals surface area (Å²) in [6.45, 7) is 0.482. The van der Waals surface area contributed by atoms with Gasteiger partial charge in [-0.25, -0.2) is 0 Å². The highest BCUT2D eigenvalue weighted by molar-refractivity contribution is 6.18. The van der Waals surface area contributed by atoms with Crippen LogP contribution in [-0.4, -0.2) is 24.5 Å². The highest BCUT2D eigenvalue weighted by Gasteiger charge is 2.34. The van der Waals surface area contributed by atoms with Gasteiger partial charge in [0.25, 0.3) is 0 Å². The van der Waals surface area contributed by atoms with E-state index in [-0.39, 0.29) is 18.2 Å². The summed E-state index contributed by atoms with van der Waals surface area (Å²) in [7, 11) is 0. The van der Waals surface area contributed by atoms with Gasteiger partial charge in [-0.3, -0.25) is 10.1 Å². The van der Waals surface area contributed by atoms with Crippen LogP contribution in [0.15, 0.2) is 54.6 Å². The highest BCUT2D eigenvalue weighted by atomic mass is 35.5. The van der Waals surface area contributed by atoms with Gasteiger partial charge in [0.2, 0.25) is 0 Å². The number of benzene rings is 2. The van der Waals surface area contributed by atoms with Crippen molar-refractivity contribution in [2.45, 2.75) is 18.7 Å². The van der Waals surface area contributed by atoms with E-state index >= 15 is 0 Å². The molecule has 23 heavy (non-hydrogen) atoms. The molecule has 1 N–H and O–H groups in total. The Bertz CT molecular complexity index is 645. The fourth-order valence-corrected chi connectivity index (χ4v) is 2.61. The fourth-order valence-electron chi connectivity index (χ4n) is 2.53. The monoisotopic (exact) mass is 331 g/mol. The second kappa shape index (κ2) is 7.49. The Labute approximate surface area is 140 Å². The Morgan fingerprint density at radius 3 is 2.52 bits per heavy atom. The van der Waals surface area contributed by atoms with Gasteiger partial charge in [0.15, 0.2) is 6.23 Å². The zero-order chi connectivity index (χ0) is 16.1. The Hall–Kier alpha value is -2.04. The maximum Gasteiger partial charge on any atom is 0.325 e. The first-order chi connectivity index (χ1) is 11.3. The molecule has 4 nitrogen and oxygen atoms in total. The molecule has 1 aliphatic heterocycles. The molecule has 1 heterocycles. The summed E-state index contributed by atoms with van der Waals surface area (Å²) in [4.78, 5) is 12.0. The van der Waals surface area contributed by atoms with E-state index < -0.39 is 0 Å². The first-order valence-corrected chi connectivity index (χ1v) is 8.09. The number of ether oxygens (including phenoxy) is 2. The quantitative estimate of drug-likeness (QED) is 0.653. The van der Waals surface area contributed by atoms with Crippen molar-refractivity contribution < 1.29 is 14.3 Å². The van der Waals surface area contributed by atoms with Crippen LogP contribution in [0.5, 0.6) is 5.75 Å². The summed E-state index contributed by atoms with van der Waals surface area (Å²) < 4.78 is 10.9. The molecule has 1 unspecified atom stereocenters. The van der Waals surface area contributed by atoms with Crippen molar-refractivity contribution in [3.05, 3.63) is 65.7 Å². The maximum atomic E-state index is 12.0. The highest BCUT2D eigenvalue weighted by Crippen LogP contribution is 2.23. The van der Waals surface area contributed by atoms with Gasteiger partial charge in [0, 0.05) is 5.56 Å². The molecule has 0 spiro atoms. The molecule has 0 radical (unpaired) electrons. The number of halogens is 1. The van der Waals surface area contributed by atoms with Crippen LogP contribution in [0.3, 0.4) is 0 Å². The minimum atomic E-state index is -0.375. The third-order valence-electron chi connectivity index (χ3n) is 3.68. The Balaban J connectivity index is 1.61. The Kier molecular flexibility index (Phi) is 5.16. The lowest BCUT2D eigenvalue weighted by molar-refractivity contribution is -0.142. The molecule has 1 saturated heterocycles. The molecular formula is C18H18ClNO3. The molecule has 0 saturated carbocycles. The average Bonchev–Trinajstić information content (AvgIpc) is 2.96. The normalized spacial score (nSPS) is 20.3. The molecular weight excluding hydrogens is 314 g/mol. The number of nitrogens with one attached hydrogen (secondary N) is 1. The van der Waals surface area contributed by atoms with E-state index in [1.54, 1.807) is 0 Å². The second-order valence-corrected chi connectivity index (χ2v) is 5.71. The van der Waals surface area contributed by atoms with E-state index in [9.17, 15) is 4.79 Å². The summed E-state index contributed by atoms with van der Waals surface area (Å²) in [6, 6.07) is 17.0. The van der Waals surface area contributed by atoms with E-state index in [4.69, 9.17) is 21.1 Å². The number of rotatable bonds is 6. The SMILES string of the molecule is O=C1OC(c2ccccc2)N[C@H]1Cc1ccc(OCCCl)cc1. The van der Waals surface area contributed by atoms with Gasteiger partial charge in [0.05, 0.1) is 5.88 Å². The summed E-state index contributed by atoms with van der Waals surface area (Å²) in [5.74, 6) is 1.01. The molecule has 5 heteroatoms. The molecule has 1 fully saturated rings. The van der Waals surface area contributed by atoms with E-state index in [0.717, 1.165) is 16.9 Å². The fraction of sp³-hybridized carbons (Fsp3) is 0.278. The van der Waals surface area contributed by atoms with Crippen LogP contribution < -0.4 is 10.1 Å². The number of carbonyl (C=O) groups excluding carboxylic acids is 1. The van der Waals surface area contributed by atoms with Gasteiger partial charge >= 0.3 is 5.97 Å². The van der Waals surface area contributed by atoms with Gasteiger partial charge < -0.3 is 9.47 Å². The standard InChI is InChI=1S/C18H18ClNO3/c19-10-11-22-15-8-6-13(7-9-15)12-16-18(21)23-17(20-16)14-4-2-1-3-5-14/h1-9,16-17,20H,10-12H2/t16-,17?/m0/s1. The molecule has 0 bridgehead atoms. The number of carbonyl (C=O) groups is 1. The number of hydrogen-bond donors (Lipinski definition) is 1. The van der Waals surface area contributed by atoms with Crippen molar-refractivity contribution in [2.75, 3.05) is 12.5 Å². The second-order valence-electron chi connectivity index (χ2n) is 5.33. The first kappa shape index (κ1) is 15.8. The molecule has 120 valence electrons. The van der Waals surface area contributed by atoms with Crippen molar-refractivity contribution in [1.82, 2.24) is 5.32 Å². The van der Waals surface area contributed by atoms with Crippen LogP contribution in [0.2, 0.25) is 0 Å². The minimum Gasteiger partial charge on any atom is -0.492 e. The van der Waals surface area contributed by atoms with Crippen LogP contribution in [0, 0.1) is 0 Å². The van der Waals surface area contributed by atoms with Crippen molar-refractivity contribution >= 4 is 17.6 Å². The summed E-state index contributed by atoms with van der Waals surface area (Å²) in [5, 5.41) is 3.23. The lowest BCUT2D eigenvalue weighted by Gasteiger charge is -2.11. The van der Waals surface area contributed by atoms with Gasteiger partial charge in [-0.15, -0.1) is 11.6 Å². The molecule has 1 aliphatic rings. The lowest BCUT2D eigenvalue weighted by atomic mass is 10.1. The molecule has 0 amide bonds. The van der Waals surface area contributed by atoms with Gasteiger partial charge in [-0.05, 0) is 24.1 Å². The van der Waals surface area contributed by atoms with Gasteiger partial charge in [0.1, 0.15) is 18.4 Å². The minimum absolute atomic E-state index is 0.221. The van der Waals surface area contributed by atoms with Crippen molar-refractivity contribution in [2.24, 2.45) is 0 Å². The third-order valence-corrected chi connectivity index (χ3v) is 3.84. The Morgan fingerprint density at radius 2 is 1.83 bits per heavy atom. The Morgan fingerprint density at radius 1 is 1.09 bits per heavy atom. The summed E-state index contributed by atoms with van der Waals surface area (Å²) in [5.41, 5.74) is 2.00. The lowest BCUT2D eigenvalue weighted by Crippen LogP contribution is -2.30. The van der Waals surface area contributed by atoms with Gasteiger partial charge in [-0.1, -0.05) is 42.5 Å². The summed E-state index contributed by atoms with van der Waals surface area (Å²) in [6.07, 6.45) is 0.206. The molecule has 0 aliphatic carbocycles. The van der Waals surface area contributed by atoms with E-state index in [1.165, 1.54) is 0 Å². The topological polar surface area (TPSA) is 47.6 Å². The van der Waals surface area contributed by atoms with E-state index in [0.29, 0.717) is 18.9 Å². The number of hydrogen-bond acceptors (Lipinski definition) is 4. The van der Waals surface area contributed by atoms with Crippen molar-refractivity contribution in [3.8, 4) is 5.75 Å². The average molecular weight is 332 g/mol. The van der Waals surface area contributed by atoms with Gasteiger partial charge in [-0.2, -0.15) is 0 Å².